The second kappa shape index (κ2) is 10.7. The van der Waals surface area contributed by atoms with Crippen molar-refractivity contribution in [1.82, 2.24) is 5.32 Å². The van der Waals surface area contributed by atoms with Crippen LogP contribution in [0.25, 0.3) is 0 Å². The SMILES string of the molecule is CCCCCCNC(=O)c1ccc(NS(=O)(=O)c2ccc(OCC)cc2)cc1. The van der Waals surface area contributed by atoms with E-state index in [-0.39, 0.29) is 10.8 Å². The van der Waals surface area contributed by atoms with E-state index in [4.69, 9.17) is 4.74 Å². The number of hydrogen-bond donors (Lipinski definition) is 2. The molecule has 0 unspecified atom stereocenters. The summed E-state index contributed by atoms with van der Waals surface area (Å²) >= 11 is 0. The standard InChI is InChI=1S/C21H28N2O4S/c1-3-5-6-7-16-22-21(24)17-8-10-18(11-9-17)23-28(25,26)20-14-12-19(13-15-20)27-4-2/h8-15,23H,3-7,16H2,1-2H3,(H,22,24). The van der Waals surface area contributed by atoms with Crippen LogP contribution in [0.4, 0.5) is 5.69 Å². The fourth-order valence-electron chi connectivity index (χ4n) is 2.64. The number of rotatable bonds is 11. The summed E-state index contributed by atoms with van der Waals surface area (Å²) in [5, 5.41) is 2.88. The predicted molar refractivity (Wildman–Crippen MR) is 111 cm³/mol. The molecule has 152 valence electrons. The molecule has 1 amide bonds. The van der Waals surface area contributed by atoms with Crippen LogP contribution in [0.3, 0.4) is 0 Å². The van der Waals surface area contributed by atoms with Crippen LogP contribution in [0, 0.1) is 0 Å². The first-order chi connectivity index (χ1) is 13.5. The van der Waals surface area contributed by atoms with Crippen LogP contribution in [0.15, 0.2) is 53.4 Å². The molecule has 0 aliphatic carbocycles. The fraction of sp³-hybridized carbons (Fsp3) is 0.381. The first kappa shape index (κ1) is 21.8. The van der Waals surface area contributed by atoms with Gasteiger partial charge in [0.05, 0.1) is 11.5 Å². The molecule has 2 aromatic carbocycles. The van der Waals surface area contributed by atoms with Crippen molar-refractivity contribution in [2.75, 3.05) is 17.9 Å². The van der Waals surface area contributed by atoms with Crippen LogP contribution in [0.1, 0.15) is 49.9 Å². The van der Waals surface area contributed by atoms with Gasteiger partial charge < -0.3 is 10.1 Å². The monoisotopic (exact) mass is 404 g/mol. The van der Waals surface area contributed by atoms with E-state index in [2.05, 4.69) is 17.0 Å². The number of benzene rings is 2. The highest BCUT2D eigenvalue weighted by molar-refractivity contribution is 7.92. The Morgan fingerprint density at radius 1 is 0.929 bits per heavy atom. The van der Waals surface area contributed by atoms with E-state index in [1.165, 1.54) is 18.6 Å². The van der Waals surface area contributed by atoms with Gasteiger partial charge in [-0.2, -0.15) is 0 Å². The summed E-state index contributed by atoms with van der Waals surface area (Å²) in [7, 11) is -3.71. The van der Waals surface area contributed by atoms with Crippen LogP contribution < -0.4 is 14.8 Å². The number of carbonyl (C=O) groups excluding carboxylic acids is 1. The van der Waals surface area contributed by atoms with E-state index >= 15 is 0 Å². The lowest BCUT2D eigenvalue weighted by molar-refractivity contribution is 0.0953. The van der Waals surface area contributed by atoms with E-state index in [1.807, 2.05) is 6.92 Å². The predicted octanol–water partition coefficient (Wildman–Crippen LogP) is 4.20. The van der Waals surface area contributed by atoms with Gasteiger partial charge in [0.1, 0.15) is 5.75 Å². The van der Waals surface area contributed by atoms with Gasteiger partial charge in [-0.3, -0.25) is 9.52 Å². The van der Waals surface area contributed by atoms with Crippen LogP contribution in [-0.2, 0) is 10.0 Å². The third-order valence-corrected chi connectivity index (χ3v) is 5.56. The first-order valence-electron chi connectivity index (χ1n) is 9.60. The quantitative estimate of drug-likeness (QED) is 0.550. The molecule has 0 spiro atoms. The van der Waals surface area contributed by atoms with Gasteiger partial charge >= 0.3 is 0 Å². The summed E-state index contributed by atoms with van der Waals surface area (Å²) in [6.45, 7) is 5.17. The maximum atomic E-state index is 12.5. The Morgan fingerprint density at radius 2 is 1.61 bits per heavy atom. The van der Waals surface area contributed by atoms with Crippen molar-refractivity contribution in [3.05, 3.63) is 54.1 Å². The zero-order valence-corrected chi connectivity index (χ0v) is 17.2. The van der Waals surface area contributed by atoms with E-state index in [9.17, 15) is 13.2 Å². The van der Waals surface area contributed by atoms with E-state index in [0.29, 0.717) is 30.2 Å². The number of anilines is 1. The number of ether oxygens (including phenoxy) is 1. The fourth-order valence-corrected chi connectivity index (χ4v) is 3.70. The normalized spacial score (nSPS) is 11.1. The largest absolute Gasteiger partial charge is 0.494 e. The number of hydrogen-bond acceptors (Lipinski definition) is 4. The molecular weight excluding hydrogens is 376 g/mol. The summed E-state index contributed by atoms with van der Waals surface area (Å²) in [5.41, 5.74) is 0.896. The van der Waals surface area contributed by atoms with E-state index in [1.54, 1.807) is 36.4 Å². The molecule has 2 rings (SSSR count). The van der Waals surface area contributed by atoms with Crippen molar-refractivity contribution in [3.63, 3.8) is 0 Å². The molecule has 2 aromatic rings. The Morgan fingerprint density at radius 3 is 2.21 bits per heavy atom. The summed E-state index contributed by atoms with van der Waals surface area (Å²) in [5.74, 6) is 0.462. The number of unbranched alkanes of at least 4 members (excludes halogenated alkanes) is 3. The van der Waals surface area contributed by atoms with Crippen molar-refractivity contribution in [2.45, 2.75) is 44.4 Å². The molecule has 0 aromatic heterocycles. The van der Waals surface area contributed by atoms with Gasteiger partial charge in [-0.15, -0.1) is 0 Å². The van der Waals surface area contributed by atoms with Gasteiger partial charge in [0.15, 0.2) is 0 Å². The zero-order valence-electron chi connectivity index (χ0n) is 16.4. The molecule has 28 heavy (non-hydrogen) atoms. The van der Waals surface area contributed by atoms with Crippen LogP contribution >= 0.6 is 0 Å². The van der Waals surface area contributed by atoms with E-state index < -0.39 is 10.0 Å². The molecule has 0 saturated carbocycles. The molecule has 2 N–H and O–H groups in total. The summed E-state index contributed by atoms with van der Waals surface area (Å²) < 4.78 is 32.8. The Balaban J connectivity index is 1.94. The molecule has 0 atom stereocenters. The van der Waals surface area contributed by atoms with Crippen molar-refractivity contribution in [2.24, 2.45) is 0 Å². The minimum Gasteiger partial charge on any atom is -0.494 e. The zero-order chi connectivity index (χ0) is 20.4. The number of amides is 1. The number of carbonyl (C=O) groups is 1. The smallest absolute Gasteiger partial charge is 0.261 e. The highest BCUT2D eigenvalue weighted by Crippen LogP contribution is 2.19. The lowest BCUT2D eigenvalue weighted by Gasteiger charge is -2.10. The molecule has 0 bridgehead atoms. The van der Waals surface area contributed by atoms with Gasteiger partial charge in [0.2, 0.25) is 0 Å². The van der Waals surface area contributed by atoms with E-state index in [0.717, 1.165) is 19.3 Å². The van der Waals surface area contributed by atoms with Gasteiger partial charge in [-0.05, 0) is 61.9 Å². The van der Waals surface area contributed by atoms with Crippen molar-refractivity contribution >= 4 is 21.6 Å². The second-order valence-corrected chi connectivity index (χ2v) is 8.09. The molecule has 0 heterocycles. The third-order valence-electron chi connectivity index (χ3n) is 4.16. The van der Waals surface area contributed by atoms with Gasteiger partial charge in [0.25, 0.3) is 15.9 Å². The average molecular weight is 405 g/mol. The Bertz CT molecular complexity index is 847. The highest BCUT2D eigenvalue weighted by Gasteiger charge is 2.14. The molecule has 0 aliphatic heterocycles. The van der Waals surface area contributed by atoms with Gasteiger partial charge in [-0.25, -0.2) is 8.42 Å². The average Bonchev–Trinajstić information content (AvgIpc) is 2.68. The topological polar surface area (TPSA) is 84.5 Å². The van der Waals surface area contributed by atoms with Crippen LogP contribution in [0.5, 0.6) is 5.75 Å². The molecule has 6 nitrogen and oxygen atoms in total. The minimum atomic E-state index is -3.71. The summed E-state index contributed by atoms with van der Waals surface area (Å²) in [6.07, 6.45) is 4.38. The van der Waals surface area contributed by atoms with Crippen molar-refractivity contribution in [1.29, 1.82) is 0 Å². The van der Waals surface area contributed by atoms with Gasteiger partial charge in [-0.1, -0.05) is 26.2 Å². The Labute approximate surface area is 167 Å². The number of sulfonamides is 1. The Hall–Kier alpha value is -2.54. The molecule has 7 heteroatoms. The summed E-state index contributed by atoms with van der Waals surface area (Å²) in [6, 6.07) is 12.6. The lowest BCUT2D eigenvalue weighted by Crippen LogP contribution is -2.24. The minimum absolute atomic E-state index is 0.143. The lowest BCUT2D eigenvalue weighted by atomic mass is 10.2. The van der Waals surface area contributed by atoms with Gasteiger partial charge in [0, 0.05) is 17.8 Å². The maximum absolute atomic E-state index is 12.5. The first-order valence-corrected chi connectivity index (χ1v) is 11.1. The second-order valence-electron chi connectivity index (χ2n) is 6.40. The molecule has 0 radical (unpaired) electrons. The summed E-state index contributed by atoms with van der Waals surface area (Å²) in [4.78, 5) is 12.3. The maximum Gasteiger partial charge on any atom is 0.261 e. The molecular formula is C21H28N2O4S. The molecule has 0 fully saturated rings. The van der Waals surface area contributed by atoms with Crippen LogP contribution in [0.2, 0.25) is 0 Å². The Kier molecular flexibility index (Phi) is 8.32. The van der Waals surface area contributed by atoms with Crippen molar-refractivity contribution in [3.8, 4) is 5.75 Å². The third kappa shape index (κ3) is 6.56. The molecule has 0 aliphatic rings. The van der Waals surface area contributed by atoms with Crippen LogP contribution in [-0.4, -0.2) is 27.5 Å². The highest BCUT2D eigenvalue weighted by atomic mass is 32.2. The van der Waals surface area contributed by atoms with Crippen molar-refractivity contribution < 1.29 is 17.9 Å². The molecule has 0 saturated heterocycles. The number of nitrogens with one attached hydrogen (secondary N) is 2.